The molecule has 0 atom stereocenters. The Morgan fingerprint density at radius 1 is 1.27 bits per heavy atom. The van der Waals surface area contributed by atoms with E-state index in [1.54, 1.807) is 0 Å². The van der Waals surface area contributed by atoms with Gasteiger partial charge in [-0.3, -0.25) is 4.90 Å². The summed E-state index contributed by atoms with van der Waals surface area (Å²) in [5.74, 6) is 1.64. The highest BCUT2D eigenvalue weighted by Gasteiger charge is 2.28. The first-order valence-corrected chi connectivity index (χ1v) is 6.80. The van der Waals surface area contributed by atoms with Gasteiger partial charge in [-0.05, 0) is 31.7 Å². The maximum atomic E-state index is 5.48. The summed E-state index contributed by atoms with van der Waals surface area (Å²) in [5.41, 5.74) is 0. The van der Waals surface area contributed by atoms with Gasteiger partial charge in [-0.15, -0.1) is 0 Å². The van der Waals surface area contributed by atoms with E-state index in [2.05, 4.69) is 31.4 Å². The van der Waals surface area contributed by atoms with Crippen LogP contribution in [-0.4, -0.2) is 43.0 Å². The molecule has 0 aromatic carbocycles. The van der Waals surface area contributed by atoms with E-state index in [-0.39, 0.29) is 0 Å². The quantitative estimate of drug-likeness (QED) is 0.483. The van der Waals surface area contributed by atoms with Gasteiger partial charge in [0.2, 0.25) is 0 Å². The van der Waals surface area contributed by atoms with Gasteiger partial charge in [-0.2, -0.15) is 12.6 Å². The molecule has 0 saturated heterocycles. The lowest BCUT2D eigenvalue weighted by Gasteiger charge is -2.22. The van der Waals surface area contributed by atoms with Gasteiger partial charge in [-0.25, -0.2) is 0 Å². The Kier molecular flexibility index (Phi) is 6.69. The summed E-state index contributed by atoms with van der Waals surface area (Å²) in [7, 11) is 0. The lowest BCUT2D eigenvalue weighted by atomic mass is 10.1. The van der Waals surface area contributed by atoms with Crippen LogP contribution in [0.3, 0.4) is 0 Å². The lowest BCUT2D eigenvalue weighted by Crippen LogP contribution is -2.31. The van der Waals surface area contributed by atoms with Crippen LogP contribution >= 0.6 is 12.6 Å². The van der Waals surface area contributed by atoms with Crippen molar-refractivity contribution in [2.45, 2.75) is 39.2 Å². The summed E-state index contributed by atoms with van der Waals surface area (Å²) in [5, 5.41) is 0. The molecule has 1 aliphatic rings. The van der Waals surface area contributed by atoms with Gasteiger partial charge >= 0.3 is 0 Å². The van der Waals surface area contributed by atoms with Crippen molar-refractivity contribution in [2.24, 2.45) is 5.92 Å². The molecule has 0 radical (unpaired) electrons. The number of thiol groups is 1. The molecular weight excluding hydrogens is 206 g/mol. The van der Waals surface area contributed by atoms with Gasteiger partial charge in [0.1, 0.15) is 0 Å². The Morgan fingerprint density at radius 3 is 2.53 bits per heavy atom. The van der Waals surface area contributed by atoms with Crippen molar-refractivity contribution in [3.8, 4) is 0 Å². The standard InChI is InChI=1S/C12H25NOS/c1-11(2)5-6-13(12-3-4-12)7-8-14-9-10-15/h11-12,15H,3-10H2,1-2H3. The zero-order valence-corrected chi connectivity index (χ0v) is 11.0. The third-order valence-electron chi connectivity index (χ3n) is 2.82. The summed E-state index contributed by atoms with van der Waals surface area (Å²) < 4.78 is 5.48. The third kappa shape index (κ3) is 6.44. The Morgan fingerprint density at radius 2 is 2.00 bits per heavy atom. The van der Waals surface area contributed by atoms with Crippen LogP contribution in [0.4, 0.5) is 0 Å². The molecule has 15 heavy (non-hydrogen) atoms. The van der Waals surface area contributed by atoms with Crippen molar-refractivity contribution in [1.29, 1.82) is 0 Å². The minimum atomic E-state index is 0.784. The van der Waals surface area contributed by atoms with Gasteiger partial charge in [-0.1, -0.05) is 13.8 Å². The fraction of sp³-hybridized carbons (Fsp3) is 1.00. The van der Waals surface area contributed by atoms with E-state index in [1.165, 1.54) is 25.8 Å². The van der Waals surface area contributed by atoms with E-state index in [9.17, 15) is 0 Å². The number of hydrogen-bond donors (Lipinski definition) is 1. The highest BCUT2D eigenvalue weighted by Crippen LogP contribution is 2.27. The van der Waals surface area contributed by atoms with E-state index in [1.807, 2.05) is 0 Å². The number of hydrogen-bond acceptors (Lipinski definition) is 3. The van der Waals surface area contributed by atoms with E-state index >= 15 is 0 Å². The third-order valence-corrected chi connectivity index (χ3v) is 3.00. The summed E-state index contributed by atoms with van der Waals surface area (Å²) >= 11 is 4.13. The van der Waals surface area contributed by atoms with E-state index < -0.39 is 0 Å². The molecule has 0 aliphatic heterocycles. The Labute approximate surface area is 99.8 Å². The molecule has 3 heteroatoms. The first-order chi connectivity index (χ1) is 7.24. The first kappa shape index (κ1) is 13.3. The van der Waals surface area contributed by atoms with Gasteiger partial charge in [0.25, 0.3) is 0 Å². The number of nitrogens with zero attached hydrogens (tertiary/aromatic N) is 1. The van der Waals surface area contributed by atoms with Gasteiger partial charge in [0, 0.05) is 18.3 Å². The van der Waals surface area contributed by atoms with Crippen molar-refractivity contribution in [2.75, 3.05) is 32.1 Å². The molecule has 0 bridgehead atoms. The molecule has 1 saturated carbocycles. The fourth-order valence-electron chi connectivity index (χ4n) is 1.69. The van der Waals surface area contributed by atoms with Crippen LogP contribution in [0.1, 0.15) is 33.1 Å². The monoisotopic (exact) mass is 231 g/mol. The van der Waals surface area contributed by atoms with Gasteiger partial charge in [0.15, 0.2) is 0 Å². The highest BCUT2D eigenvalue weighted by molar-refractivity contribution is 7.80. The molecule has 0 unspecified atom stereocenters. The highest BCUT2D eigenvalue weighted by atomic mass is 32.1. The molecular formula is C12H25NOS. The summed E-state index contributed by atoms with van der Waals surface area (Å²) in [4.78, 5) is 2.60. The SMILES string of the molecule is CC(C)CCN(CCOCCS)C1CC1. The summed E-state index contributed by atoms with van der Waals surface area (Å²) in [6, 6.07) is 0.864. The zero-order valence-electron chi connectivity index (χ0n) is 10.1. The van der Waals surface area contributed by atoms with Crippen LogP contribution in [0.5, 0.6) is 0 Å². The molecule has 0 aromatic heterocycles. The number of rotatable bonds is 9. The second-order valence-electron chi connectivity index (χ2n) is 4.79. The normalized spacial score (nSPS) is 16.6. The van der Waals surface area contributed by atoms with Crippen LogP contribution in [0.15, 0.2) is 0 Å². The Bertz CT molecular complexity index is 160. The van der Waals surface area contributed by atoms with Crippen molar-refractivity contribution >= 4 is 12.6 Å². The van der Waals surface area contributed by atoms with Crippen molar-refractivity contribution in [3.63, 3.8) is 0 Å². The Balaban J connectivity index is 2.07. The minimum Gasteiger partial charge on any atom is -0.379 e. The van der Waals surface area contributed by atoms with Crippen molar-refractivity contribution in [3.05, 3.63) is 0 Å². The zero-order chi connectivity index (χ0) is 11.1. The van der Waals surface area contributed by atoms with Crippen LogP contribution in [-0.2, 0) is 4.74 Å². The largest absolute Gasteiger partial charge is 0.379 e. The summed E-state index contributed by atoms with van der Waals surface area (Å²) in [6.07, 6.45) is 4.10. The summed E-state index contributed by atoms with van der Waals surface area (Å²) in [6.45, 7) is 8.59. The van der Waals surface area contributed by atoms with Crippen LogP contribution < -0.4 is 0 Å². The molecule has 2 nitrogen and oxygen atoms in total. The Hall–Kier alpha value is 0.270. The molecule has 0 heterocycles. The molecule has 0 N–H and O–H groups in total. The average Bonchev–Trinajstić information content (AvgIpc) is 3.00. The second kappa shape index (κ2) is 7.53. The molecule has 0 spiro atoms. The predicted octanol–water partition coefficient (Wildman–Crippen LogP) is 2.44. The molecule has 0 amide bonds. The van der Waals surface area contributed by atoms with Crippen LogP contribution in [0.25, 0.3) is 0 Å². The topological polar surface area (TPSA) is 12.5 Å². The molecule has 0 aromatic rings. The van der Waals surface area contributed by atoms with E-state index in [0.717, 1.165) is 37.5 Å². The smallest absolute Gasteiger partial charge is 0.0593 e. The van der Waals surface area contributed by atoms with E-state index in [4.69, 9.17) is 4.74 Å². The van der Waals surface area contributed by atoms with Gasteiger partial charge in [0.05, 0.1) is 13.2 Å². The first-order valence-electron chi connectivity index (χ1n) is 6.16. The van der Waals surface area contributed by atoms with Gasteiger partial charge < -0.3 is 4.74 Å². The minimum absolute atomic E-state index is 0.784. The molecule has 1 aliphatic carbocycles. The maximum Gasteiger partial charge on any atom is 0.0593 e. The molecule has 1 rings (SSSR count). The fourth-order valence-corrected chi connectivity index (χ4v) is 1.82. The van der Waals surface area contributed by atoms with Crippen molar-refractivity contribution < 1.29 is 4.74 Å². The van der Waals surface area contributed by atoms with Crippen molar-refractivity contribution in [1.82, 2.24) is 4.90 Å². The second-order valence-corrected chi connectivity index (χ2v) is 5.23. The predicted molar refractivity (Wildman–Crippen MR) is 68.7 cm³/mol. The molecule has 90 valence electrons. The maximum absolute atomic E-state index is 5.48. The lowest BCUT2D eigenvalue weighted by molar-refractivity contribution is 0.110. The van der Waals surface area contributed by atoms with E-state index in [0.29, 0.717) is 0 Å². The van der Waals surface area contributed by atoms with Crippen LogP contribution in [0, 0.1) is 5.92 Å². The molecule has 1 fully saturated rings. The average molecular weight is 231 g/mol. The van der Waals surface area contributed by atoms with Crippen LogP contribution in [0.2, 0.25) is 0 Å². The number of ether oxygens (including phenoxy) is 1.